The average molecular weight is 470 g/mol. The first-order chi connectivity index (χ1) is 16.3. The third-order valence-electron chi connectivity index (χ3n) is 5.63. The number of hydrogen-bond acceptors (Lipinski definition) is 4. The standard InChI is InChI=1S/C24H29F2N7O/c1-4-5-20-15-32(23(28-16-27)30-22-14-17(25)6-11-21(22)26)12-13-33(20)24(34)29-18-7-9-19(10-8-18)31(2)3/h6-11,14,20H,4-5,12-13,15H2,1-3H3,(H,28,30)(H,29,34). The number of amides is 2. The normalized spacial score (nSPS) is 16.1. The zero-order chi connectivity index (χ0) is 24.7. The van der Waals surface area contributed by atoms with E-state index >= 15 is 0 Å². The van der Waals surface area contributed by atoms with Gasteiger partial charge >= 0.3 is 6.03 Å². The first kappa shape index (κ1) is 24.8. The first-order valence-electron chi connectivity index (χ1n) is 11.1. The number of rotatable bonds is 5. The topological polar surface area (TPSA) is 87.0 Å². The number of nitriles is 1. The van der Waals surface area contributed by atoms with Crippen LogP contribution in [0.3, 0.4) is 0 Å². The van der Waals surface area contributed by atoms with Crippen molar-refractivity contribution in [3.8, 4) is 6.19 Å². The van der Waals surface area contributed by atoms with Crippen LogP contribution in [0.25, 0.3) is 0 Å². The summed E-state index contributed by atoms with van der Waals surface area (Å²) >= 11 is 0. The molecule has 1 heterocycles. The van der Waals surface area contributed by atoms with Crippen LogP contribution in [-0.2, 0) is 0 Å². The molecule has 0 aromatic heterocycles. The van der Waals surface area contributed by atoms with Crippen LogP contribution < -0.4 is 15.5 Å². The maximum absolute atomic E-state index is 14.1. The smallest absolute Gasteiger partial charge is 0.322 e. The van der Waals surface area contributed by atoms with Gasteiger partial charge < -0.3 is 25.3 Å². The molecule has 1 aliphatic heterocycles. The summed E-state index contributed by atoms with van der Waals surface area (Å²) in [7, 11) is 3.90. The molecule has 1 saturated heterocycles. The van der Waals surface area contributed by atoms with Gasteiger partial charge in [0.15, 0.2) is 0 Å². The largest absolute Gasteiger partial charge is 0.378 e. The van der Waals surface area contributed by atoms with Crippen molar-refractivity contribution < 1.29 is 13.6 Å². The number of hydrogen-bond donors (Lipinski definition) is 2. The summed E-state index contributed by atoms with van der Waals surface area (Å²) in [6.45, 7) is 3.17. The summed E-state index contributed by atoms with van der Waals surface area (Å²) < 4.78 is 27.7. The summed E-state index contributed by atoms with van der Waals surface area (Å²) in [5.41, 5.74) is 1.62. The molecule has 2 N–H and O–H groups in total. The number of urea groups is 1. The fourth-order valence-corrected chi connectivity index (χ4v) is 3.87. The van der Waals surface area contributed by atoms with Gasteiger partial charge in [-0.3, -0.25) is 0 Å². The number of piperazine rings is 1. The maximum Gasteiger partial charge on any atom is 0.322 e. The third-order valence-corrected chi connectivity index (χ3v) is 5.63. The van der Waals surface area contributed by atoms with Gasteiger partial charge in [0.2, 0.25) is 12.2 Å². The molecule has 8 nitrogen and oxygen atoms in total. The van der Waals surface area contributed by atoms with Crippen molar-refractivity contribution in [1.29, 1.82) is 5.26 Å². The molecule has 2 aromatic carbocycles. The second-order valence-corrected chi connectivity index (χ2v) is 8.24. The number of nitrogens with one attached hydrogen (secondary N) is 2. The SMILES string of the molecule is CCCC1CN(/C(=N\C#N)Nc2cc(F)ccc2F)CCN1C(=O)Nc1ccc(N(C)C)cc1. The molecule has 1 fully saturated rings. The van der Waals surface area contributed by atoms with Crippen molar-refractivity contribution in [1.82, 2.24) is 9.80 Å². The lowest BCUT2D eigenvalue weighted by Gasteiger charge is -2.42. The molecule has 34 heavy (non-hydrogen) atoms. The predicted octanol–water partition coefficient (Wildman–Crippen LogP) is 4.30. The van der Waals surface area contributed by atoms with Crippen molar-refractivity contribution in [2.45, 2.75) is 25.8 Å². The highest BCUT2D eigenvalue weighted by molar-refractivity contribution is 5.95. The van der Waals surface area contributed by atoms with Gasteiger partial charge in [0, 0.05) is 51.2 Å². The van der Waals surface area contributed by atoms with Gasteiger partial charge in [-0.15, -0.1) is 4.99 Å². The second kappa shape index (κ2) is 11.3. The van der Waals surface area contributed by atoms with Crippen molar-refractivity contribution >= 4 is 29.1 Å². The van der Waals surface area contributed by atoms with Gasteiger partial charge in [-0.05, 0) is 42.8 Å². The maximum atomic E-state index is 14.1. The average Bonchev–Trinajstić information content (AvgIpc) is 2.81. The molecular weight excluding hydrogens is 440 g/mol. The molecule has 0 bridgehead atoms. The van der Waals surface area contributed by atoms with Crippen LogP contribution in [-0.4, -0.2) is 61.6 Å². The van der Waals surface area contributed by atoms with Gasteiger partial charge in [0.1, 0.15) is 11.6 Å². The van der Waals surface area contributed by atoms with Crippen LogP contribution in [0.5, 0.6) is 0 Å². The van der Waals surface area contributed by atoms with Gasteiger partial charge in [-0.25, -0.2) is 13.6 Å². The molecule has 0 radical (unpaired) electrons. The summed E-state index contributed by atoms with van der Waals surface area (Å²) in [5, 5.41) is 14.8. The lowest BCUT2D eigenvalue weighted by molar-refractivity contribution is 0.130. The van der Waals surface area contributed by atoms with Crippen LogP contribution in [0, 0.1) is 23.1 Å². The summed E-state index contributed by atoms with van der Waals surface area (Å²) in [4.78, 5) is 22.4. The van der Waals surface area contributed by atoms with Crippen molar-refractivity contribution in [3.63, 3.8) is 0 Å². The van der Waals surface area contributed by atoms with Gasteiger partial charge in [-0.1, -0.05) is 13.3 Å². The van der Waals surface area contributed by atoms with E-state index in [9.17, 15) is 13.6 Å². The van der Waals surface area contributed by atoms with Crippen molar-refractivity contribution in [3.05, 3.63) is 54.1 Å². The van der Waals surface area contributed by atoms with E-state index in [2.05, 4.69) is 15.6 Å². The summed E-state index contributed by atoms with van der Waals surface area (Å²) in [6.07, 6.45) is 3.29. The molecule has 1 aliphatic rings. The van der Waals surface area contributed by atoms with E-state index in [0.29, 0.717) is 25.3 Å². The Morgan fingerprint density at radius 2 is 1.91 bits per heavy atom. The van der Waals surface area contributed by atoms with E-state index in [4.69, 9.17) is 5.26 Å². The van der Waals surface area contributed by atoms with Gasteiger partial charge in [0.25, 0.3) is 0 Å². The van der Waals surface area contributed by atoms with E-state index in [0.717, 1.165) is 36.7 Å². The Morgan fingerprint density at radius 1 is 1.18 bits per heavy atom. The van der Waals surface area contributed by atoms with Crippen molar-refractivity contribution in [2.24, 2.45) is 4.99 Å². The number of carbonyl (C=O) groups excluding carboxylic acids is 1. The predicted molar refractivity (Wildman–Crippen MR) is 130 cm³/mol. The van der Waals surface area contributed by atoms with E-state index in [1.165, 1.54) is 0 Å². The molecule has 3 rings (SSSR count). The fraction of sp³-hybridized carbons (Fsp3) is 0.375. The van der Waals surface area contributed by atoms with Crippen LogP contribution >= 0.6 is 0 Å². The Bertz CT molecular complexity index is 1070. The number of halogens is 2. The third kappa shape index (κ3) is 6.13. The molecular formula is C24H29F2N7O. The molecule has 0 aliphatic carbocycles. The number of aliphatic imine (C=N–C) groups is 1. The van der Waals surface area contributed by atoms with Crippen molar-refractivity contribution in [2.75, 3.05) is 49.3 Å². The molecule has 2 amide bonds. The minimum absolute atomic E-state index is 0.109. The number of anilines is 3. The molecule has 0 spiro atoms. The quantitative estimate of drug-likeness (QED) is 0.387. The zero-order valence-electron chi connectivity index (χ0n) is 19.6. The minimum atomic E-state index is -0.657. The Kier molecular flexibility index (Phi) is 8.24. The number of guanidine groups is 1. The van der Waals surface area contributed by atoms with Crippen LogP contribution in [0.15, 0.2) is 47.5 Å². The zero-order valence-corrected chi connectivity index (χ0v) is 19.6. The van der Waals surface area contributed by atoms with Crippen LogP contribution in [0.2, 0.25) is 0 Å². The van der Waals surface area contributed by atoms with Crippen LogP contribution in [0.4, 0.5) is 30.6 Å². The summed E-state index contributed by atoms with van der Waals surface area (Å²) in [5.74, 6) is -1.15. The summed E-state index contributed by atoms with van der Waals surface area (Å²) in [6, 6.07) is 10.2. The molecule has 1 unspecified atom stereocenters. The fourth-order valence-electron chi connectivity index (χ4n) is 3.87. The Balaban J connectivity index is 1.72. The Labute approximate surface area is 198 Å². The first-order valence-corrected chi connectivity index (χ1v) is 11.1. The molecule has 0 saturated carbocycles. The van der Waals surface area contributed by atoms with Crippen LogP contribution in [0.1, 0.15) is 19.8 Å². The second-order valence-electron chi connectivity index (χ2n) is 8.24. The lowest BCUT2D eigenvalue weighted by atomic mass is 10.1. The Morgan fingerprint density at radius 3 is 2.56 bits per heavy atom. The van der Waals surface area contributed by atoms with E-state index in [1.54, 1.807) is 16.0 Å². The lowest BCUT2D eigenvalue weighted by Crippen LogP contribution is -2.58. The van der Waals surface area contributed by atoms with E-state index < -0.39 is 11.6 Å². The molecule has 180 valence electrons. The highest BCUT2D eigenvalue weighted by Crippen LogP contribution is 2.21. The van der Waals surface area contributed by atoms with Gasteiger partial charge in [-0.2, -0.15) is 5.26 Å². The number of benzene rings is 2. The number of nitrogens with zero attached hydrogens (tertiary/aromatic N) is 5. The Hall–Kier alpha value is -3.87. The molecule has 1 atom stereocenters. The highest BCUT2D eigenvalue weighted by Gasteiger charge is 2.32. The van der Waals surface area contributed by atoms with E-state index in [-0.39, 0.29) is 23.7 Å². The monoisotopic (exact) mass is 469 g/mol. The van der Waals surface area contributed by atoms with E-state index in [1.807, 2.05) is 50.2 Å². The highest BCUT2D eigenvalue weighted by atomic mass is 19.1. The molecule has 10 heteroatoms. The minimum Gasteiger partial charge on any atom is -0.378 e. The molecule has 2 aromatic rings. The van der Waals surface area contributed by atoms with Gasteiger partial charge in [0.05, 0.1) is 11.7 Å². The number of carbonyl (C=O) groups is 1.